The van der Waals surface area contributed by atoms with Gasteiger partial charge in [-0.15, -0.1) is 0 Å². The topological polar surface area (TPSA) is 61.5 Å². The minimum absolute atomic E-state index is 0.253. The predicted octanol–water partition coefficient (Wildman–Crippen LogP) is 1.52. The van der Waals surface area contributed by atoms with Crippen LogP contribution in [0, 0.1) is 6.92 Å². The Morgan fingerprint density at radius 1 is 1.40 bits per heavy atom. The number of nitrogens with two attached hydrogens (primary N) is 1. The van der Waals surface area contributed by atoms with E-state index in [0.717, 1.165) is 5.56 Å². The van der Waals surface area contributed by atoms with Crippen LogP contribution in [0.2, 0.25) is 0 Å². The van der Waals surface area contributed by atoms with Crippen LogP contribution in [0.4, 0.5) is 5.69 Å². The molecule has 0 heterocycles. The molecule has 4 nitrogen and oxygen atoms in total. The molecule has 0 fully saturated rings. The number of hydrogen-bond acceptors (Lipinski definition) is 4. The fourth-order valence-corrected chi connectivity index (χ4v) is 1.05. The Bertz CT molecular complexity index is 350. The molecule has 0 unspecified atom stereocenters. The number of aryl methyl sites for hydroxylation is 1. The van der Waals surface area contributed by atoms with Crippen molar-refractivity contribution in [1.29, 1.82) is 0 Å². The Morgan fingerprint density at radius 3 is 2.73 bits per heavy atom. The van der Waals surface area contributed by atoms with Gasteiger partial charge in [-0.2, -0.15) is 0 Å². The highest BCUT2D eigenvalue weighted by Crippen LogP contribution is 2.18. The van der Waals surface area contributed by atoms with Crippen molar-refractivity contribution >= 4 is 11.7 Å². The average molecular weight is 209 g/mol. The molecule has 0 aliphatic carbocycles. The third kappa shape index (κ3) is 3.89. The van der Waals surface area contributed by atoms with E-state index in [0.29, 0.717) is 18.0 Å². The molecule has 0 saturated heterocycles. The summed E-state index contributed by atoms with van der Waals surface area (Å²) < 4.78 is 10.1. The zero-order chi connectivity index (χ0) is 11.3. The van der Waals surface area contributed by atoms with Crippen LogP contribution in [-0.4, -0.2) is 19.2 Å². The first kappa shape index (κ1) is 11.4. The van der Waals surface area contributed by atoms with Crippen molar-refractivity contribution in [3.05, 3.63) is 23.8 Å². The smallest absolute Gasteiger partial charge is 0.302 e. The molecule has 82 valence electrons. The van der Waals surface area contributed by atoms with Gasteiger partial charge in [-0.05, 0) is 18.6 Å². The van der Waals surface area contributed by atoms with Crippen molar-refractivity contribution in [3.63, 3.8) is 0 Å². The molecule has 0 aliphatic heterocycles. The van der Waals surface area contributed by atoms with Crippen LogP contribution in [0.5, 0.6) is 5.75 Å². The van der Waals surface area contributed by atoms with Gasteiger partial charge >= 0.3 is 5.97 Å². The van der Waals surface area contributed by atoms with E-state index in [1.165, 1.54) is 6.92 Å². The van der Waals surface area contributed by atoms with E-state index in [1.54, 1.807) is 6.07 Å². The van der Waals surface area contributed by atoms with Crippen LogP contribution in [0.3, 0.4) is 0 Å². The SMILES string of the molecule is CC(=O)OCCOc1ccc(C)c(N)c1. The number of hydrogen-bond donors (Lipinski definition) is 1. The van der Waals surface area contributed by atoms with Crippen molar-refractivity contribution in [1.82, 2.24) is 0 Å². The number of carbonyl (C=O) groups excluding carboxylic acids is 1. The van der Waals surface area contributed by atoms with Gasteiger partial charge in [-0.3, -0.25) is 4.79 Å². The fourth-order valence-electron chi connectivity index (χ4n) is 1.05. The zero-order valence-electron chi connectivity index (χ0n) is 8.95. The van der Waals surface area contributed by atoms with Gasteiger partial charge in [0.15, 0.2) is 0 Å². The summed E-state index contributed by atoms with van der Waals surface area (Å²) >= 11 is 0. The van der Waals surface area contributed by atoms with Crippen molar-refractivity contribution in [2.45, 2.75) is 13.8 Å². The normalized spacial score (nSPS) is 9.73. The highest BCUT2D eigenvalue weighted by Gasteiger charge is 1.98. The van der Waals surface area contributed by atoms with E-state index in [1.807, 2.05) is 19.1 Å². The van der Waals surface area contributed by atoms with Crippen molar-refractivity contribution in [3.8, 4) is 5.75 Å². The summed E-state index contributed by atoms with van der Waals surface area (Å²) in [6.45, 7) is 3.88. The third-order valence-corrected chi connectivity index (χ3v) is 1.91. The molecule has 1 rings (SSSR count). The lowest BCUT2D eigenvalue weighted by molar-refractivity contribution is -0.141. The van der Waals surface area contributed by atoms with Gasteiger partial charge in [0, 0.05) is 18.7 Å². The van der Waals surface area contributed by atoms with E-state index in [9.17, 15) is 4.79 Å². The molecule has 2 N–H and O–H groups in total. The van der Waals surface area contributed by atoms with Crippen LogP contribution in [0.1, 0.15) is 12.5 Å². The lowest BCUT2D eigenvalue weighted by atomic mass is 10.2. The maximum Gasteiger partial charge on any atom is 0.302 e. The van der Waals surface area contributed by atoms with Crippen molar-refractivity contribution < 1.29 is 14.3 Å². The van der Waals surface area contributed by atoms with E-state index in [4.69, 9.17) is 15.2 Å². The number of benzene rings is 1. The molecule has 1 aromatic carbocycles. The molecule has 1 aromatic rings. The summed E-state index contributed by atoms with van der Waals surface area (Å²) in [4.78, 5) is 10.5. The summed E-state index contributed by atoms with van der Waals surface area (Å²) in [5.74, 6) is 0.382. The second-order valence-corrected chi connectivity index (χ2v) is 3.21. The summed E-state index contributed by atoms with van der Waals surface area (Å²) in [6, 6.07) is 5.47. The second kappa shape index (κ2) is 5.24. The van der Waals surface area contributed by atoms with Gasteiger partial charge < -0.3 is 15.2 Å². The van der Waals surface area contributed by atoms with E-state index in [-0.39, 0.29) is 12.6 Å². The van der Waals surface area contributed by atoms with Crippen LogP contribution in [0.25, 0.3) is 0 Å². The minimum atomic E-state index is -0.304. The van der Waals surface area contributed by atoms with Gasteiger partial charge in [0.2, 0.25) is 0 Å². The van der Waals surface area contributed by atoms with Crippen LogP contribution < -0.4 is 10.5 Å². The lowest BCUT2D eigenvalue weighted by Gasteiger charge is -2.07. The summed E-state index contributed by atoms with van der Waals surface area (Å²) in [5, 5.41) is 0. The molecule has 0 aromatic heterocycles. The lowest BCUT2D eigenvalue weighted by Crippen LogP contribution is -2.09. The maximum atomic E-state index is 10.5. The number of anilines is 1. The molecule has 0 aliphatic rings. The molecule has 0 atom stereocenters. The highest BCUT2D eigenvalue weighted by molar-refractivity contribution is 5.65. The van der Waals surface area contributed by atoms with E-state index >= 15 is 0 Å². The van der Waals surface area contributed by atoms with Gasteiger partial charge in [-0.1, -0.05) is 6.07 Å². The average Bonchev–Trinajstić information content (AvgIpc) is 2.18. The number of nitrogen functional groups attached to an aromatic ring is 1. The number of carbonyl (C=O) groups is 1. The summed E-state index contributed by atoms with van der Waals surface area (Å²) in [7, 11) is 0. The fraction of sp³-hybridized carbons (Fsp3) is 0.364. The summed E-state index contributed by atoms with van der Waals surface area (Å²) in [5.41, 5.74) is 7.42. The molecular formula is C11H15NO3. The van der Waals surface area contributed by atoms with Gasteiger partial charge in [0.25, 0.3) is 0 Å². The minimum Gasteiger partial charge on any atom is -0.490 e. The Kier molecular flexibility index (Phi) is 3.97. The van der Waals surface area contributed by atoms with E-state index in [2.05, 4.69) is 0 Å². The maximum absolute atomic E-state index is 10.5. The summed E-state index contributed by atoms with van der Waals surface area (Å²) in [6.07, 6.45) is 0. The molecule has 0 bridgehead atoms. The van der Waals surface area contributed by atoms with Crippen molar-refractivity contribution in [2.24, 2.45) is 0 Å². The Morgan fingerprint density at radius 2 is 2.13 bits per heavy atom. The van der Waals surface area contributed by atoms with Gasteiger partial charge in [-0.25, -0.2) is 0 Å². The monoisotopic (exact) mass is 209 g/mol. The molecule has 0 radical (unpaired) electrons. The highest BCUT2D eigenvalue weighted by atomic mass is 16.6. The first-order valence-electron chi connectivity index (χ1n) is 4.72. The molecule has 15 heavy (non-hydrogen) atoms. The third-order valence-electron chi connectivity index (χ3n) is 1.91. The predicted molar refractivity (Wildman–Crippen MR) is 57.7 cm³/mol. The van der Waals surface area contributed by atoms with Crippen molar-refractivity contribution in [2.75, 3.05) is 18.9 Å². The number of rotatable bonds is 4. The largest absolute Gasteiger partial charge is 0.490 e. The molecule has 0 spiro atoms. The quantitative estimate of drug-likeness (QED) is 0.464. The van der Waals surface area contributed by atoms with Gasteiger partial charge in [0.1, 0.15) is 19.0 Å². The zero-order valence-corrected chi connectivity index (χ0v) is 8.95. The Balaban J connectivity index is 2.38. The Hall–Kier alpha value is -1.71. The standard InChI is InChI=1S/C11H15NO3/c1-8-3-4-10(7-11(8)12)15-6-5-14-9(2)13/h3-4,7H,5-6,12H2,1-2H3. The first-order valence-corrected chi connectivity index (χ1v) is 4.72. The van der Waals surface area contributed by atoms with E-state index < -0.39 is 0 Å². The number of ether oxygens (including phenoxy) is 2. The number of esters is 1. The van der Waals surface area contributed by atoms with Crippen LogP contribution >= 0.6 is 0 Å². The molecule has 0 amide bonds. The Labute approximate surface area is 89.0 Å². The molecule has 4 heteroatoms. The van der Waals surface area contributed by atoms with Crippen LogP contribution in [0.15, 0.2) is 18.2 Å². The molecular weight excluding hydrogens is 194 g/mol. The molecule has 0 saturated carbocycles. The van der Waals surface area contributed by atoms with Gasteiger partial charge in [0.05, 0.1) is 0 Å². The second-order valence-electron chi connectivity index (χ2n) is 3.21. The van der Waals surface area contributed by atoms with Crippen LogP contribution in [-0.2, 0) is 9.53 Å². The first-order chi connectivity index (χ1) is 7.09.